The van der Waals surface area contributed by atoms with Gasteiger partial charge in [-0.05, 0) is 24.6 Å². The molecule has 0 bridgehead atoms. The zero-order valence-corrected chi connectivity index (χ0v) is 10.7. The molecule has 1 amide bonds. The second-order valence-corrected chi connectivity index (χ2v) is 4.72. The van der Waals surface area contributed by atoms with E-state index in [9.17, 15) is 14.0 Å². The topological polar surface area (TPSA) is 66.4 Å². The Bertz CT molecular complexity index is 439. The molecule has 4 nitrogen and oxygen atoms in total. The van der Waals surface area contributed by atoms with Crippen LogP contribution in [0.3, 0.4) is 0 Å². The van der Waals surface area contributed by atoms with Crippen LogP contribution >= 0.6 is 11.8 Å². The van der Waals surface area contributed by atoms with Crippen LogP contribution in [0.1, 0.15) is 18.5 Å². The first-order valence-corrected chi connectivity index (χ1v) is 6.49. The fourth-order valence-corrected chi connectivity index (χ4v) is 1.92. The number of carbonyl (C=O) groups is 2. The Morgan fingerprint density at radius 2 is 2.17 bits per heavy atom. The van der Waals surface area contributed by atoms with Gasteiger partial charge in [0.05, 0.1) is 17.5 Å². The molecule has 0 spiro atoms. The van der Waals surface area contributed by atoms with Crippen molar-refractivity contribution in [3.05, 3.63) is 35.6 Å². The average Bonchev–Trinajstić information content (AvgIpc) is 2.28. The molecule has 0 aliphatic heterocycles. The third kappa shape index (κ3) is 5.18. The number of rotatable bonds is 6. The zero-order chi connectivity index (χ0) is 13.5. The Morgan fingerprint density at radius 3 is 2.78 bits per heavy atom. The second-order valence-electron chi connectivity index (χ2n) is 3.73. The van der Waals surface area contributed by atoms with Crippen molar-refractivity contribution in [3.63, 3.8) is 0 Å². The van der Waals surface area contributed by atoms with Gasteiger partial charge in [0, 0.05) is 0 Å². The number of amides is 1. The standard InChI is InChI=1S/C12H14FNO3S/c1-8(9-3-2-4-10(13)5-9)14-11(15)6-18-7-12(16)17/h2-5,8H,6-7H2,1H3,(H,14,15)(H,16,17). The van der Waals surface area contributed by atoms with E-state index >= 15 is 0 Å². The fraction of sp³-hybridized carbons (Fsp3) is 0.333. The molecule has 6 heteroatoms. The summed E-state index contributed by atoms with van der Waals surface area (Å²) in [6.07, 6.45) is 0. The first kappa shape index (κ1) is 14.5. The molecule has 0 heterocycles. The summed E-state index contributed by atoms with van der Waals surface area (Å²) in [5, 5.41) is 11.1. The van der Waals surface area contributed by atoms with E-state index in [1.807, 2.05) is 0 Å². The Hall–Kier alpha value is -1.56. The minimum atomic E-state index is -0.953. The third-order valence-corrected chi connectivity index (χ3v) is 3.10. The minimum absolute atomic E-state index is 0.0754. The van der Waals surface area contributed by atoms with Gasteiger partial charge in [0.1, 0.15) is 5.82 Å². The van der Waals surface area contributed by atoms with Gasteiger partial charge in [-0.15, -0.1) is 11.8 Å². The third-order valence-electron chi connectivity index (χ3n) is 2.18. The summed E-state index contributed by atoms with van der Waals surface area (Å²) in [4.78, 5) is 21.7. The van der Waals surface area contributed by atoms with Crippen molar-refractivity contribution in [1.29, 1.82) is 0 Å². The lowest BCUT2D eigenvalue weighted by Gasteiger charge is -2.14. The molecular formula is C12H14FNO3S. The molecule has 1 aromatic rings. The van der Waals surface area contributed by atoms with Crippen LogP contribution in [0.25, 0.3) is 0 Å². The maximum Gasteiger partial charge on any atom is 0.313 e. The van der Waals surface area contributed by atoms with Crippen molar-refractivity contribution in [2.45, 2.75) is 13.0 Å². The molecule has 1 unspecified atom stereocenters. The van der Waals surface area contributed by atoms with Crippen molar-refractivity contribution in [1.82, 2.24) is 5.32 Å². The largest absolute Gasteiger partial charge is 0.481 e. The number of halogens is 1. The predicted molar refractivity (Wildman–Crippen MR) is 67.9 cm³/mol. The van der Waals surface area contributed by atoms with Gasteiger partial charge in [0.25, 0.3) is 0 Å². The van der Waals surface area contributed by atoms with Gasteiger partial charge in [-0.25, -0.2) is 4.39 Å². The van der Waals surface area contributed by atoms with E-state index in [1.54, 1.807) is 19.1 Å². The van der Waals surface area contributed by atoms with E-state index in [-0.39, 0.29) is 29.3 Å². The molecule has 1 aromatic carbocycles. The van der Waals surface area contributed by atoms with E-state index in [1.165, 1.54) is 12.1 Å². The Labute approximate surface area is 109 Å². The number of aliphatic carboxylic acids is 1. The van der Waals surface area contributed by atoms with Crippen molar-refractivity contribution in [2.75, 3.05) is 11.5 Å². The number of hydrogen-bond acceptors (Lipinski definition) is 3. The summed E-state index contributed by atoms with van der Waals surface area (Å²) < 4.78 is 13.0. The molecule has 0 saturated heterocycles. The van der Waals surface area contributed by atoms with Crippen LogP contribution in [0.15, 0.2) is 24.3 Å². The zero-order valence-electron chi connectivity index (χ0n) is 9.85. The maximum atomic E-state index is 13.0. The van der Waals surface area contributed by atoms with Crippen molar-refractivity contribution in [2.24, 2.45) is 0 Å². The smallest absolute Gasteiger partial charge is 0.313 e. The summed E-state index contributed by atoms with van der Waals surface area (Å²) in [7, 11) is 0. The Balaban J connectivity index is 2.42. The quantitative estimate of drug-likeness (QED) is 0.828. The molecule has 0 radical (unpaired) electrons. The predicted octanol–water partition coefficient (Wildman–Crippen LogP) is 1.82. The van der Waals surface area contributed by atoms with Gasteiger partial charge < -0.3 is 10.4 Å². The molecular weight excluding hydrogens is 257 g/mol. The summed E-state index contributed by atoms with van der Waals surface area (Å²) >= 11 is 1.02. The molecule has 0 saturated carbocycles. The number of carboxylic acids is 1. The number of carbonyl (C=O) groups excluding carboxylic acids is 1. The van der Waals surface area contributed by atoms with Gasteiger partial charge in [-0.1, -0.05) is 12.1 Å². The van der Waals surface area contributed by atoms with Crippen LogP contribution in [0.2, 0.25) is 0 Å². The number of benzene rings is 1. The normalized spacial score (nSPS) is 11.9. The fourth-order valence-electron chi connectivity index (χ4n) is 1.37. The van der Waals surface area contributed by atoms with E-state index in [2.05, 4.69) is 5.32 Å². The van der Waals surface area contributed by atoms with Gasteiger partial charge >= 0.3 is 5.97 Å². The van der Waals surface area contributed by atoms with Crippen molar-refractivity contribution in [3.8, 4) is 0 Å². The molecule has 0 fully saturated rings. The molecule has 98 valence electrons. The summed E-state index contributed by atoms with van der Waals surface area (Å²) in [5.74, 6) is -1.61. The SMILES string of the molecule is CC(NC(=O)CSCC(=O)O)c1cccc(F)c1. The van der Waals surface area contributed by atoms with Gasteiger partial charge in [0.2, 0.25) is 5.91 Å². The molecule has 0 aliphatic carbocycles. The highest BCUT2D eigenvalue weighted by atomic mass is 32.2. The number of carboxylic acid groups (broad SMARTS) is 1. The number of hydrogen-bond donors (Lipinski definition) is 2. The Morgan fingerprint density at radius 1 is 1.44 bits per heavy atom. The monoisotopic (exact) mass is 271 g/mol. The van der Waals surface area contributed by atoms with Gasteiger partial charge in [0.15, 0.2) is 0 Å². The van der Waals surface area contributed by atoms with E-state index in [4.69, 9.17) is 5.11 Å². The first-order valence-electron chi connectivity index (χ1n) is 5.33. The molecule has 1 atom stereocenters. The number of nitrogens with one attached hydrogen (secondary N) is 1. The first-order chi connectivity index (χ1) is 8.49. The summed E-state index contributed by atoms with van der Waals surface area (Å²) in [5.41, 5.74) is 0.673. The van der Waals surface area contributed by atoms with Crippen molar-refractivity contribution >= 4 is 23.6 Å². The molecule has 0 aromatic heterocycles. The highest BCUT2D eigenvalue weighted by Crippen LogP contribution is 2.13. The van der Waals surface area contributed by atoms with Crippen LogP contribution in [-0.4, -0.2) is 28.5 Å². The van der Waals surface area contributed by atoms with E-state index < -0.39 is 5.97 Å². The minimum Gasteiger partial charge on any atom is -0.481 e. The highest BCUT2D eigenvalue weighted by Gasteiger charge is 2.10. The average molecular weight is 271 g/mol. The Kier molecular flexibility index (Phi) is 5.64. The van der Waals surface area contributed by atoms with Crippen LogP contribution in [-0.2, 0) is 9.59 Å². The van der Waals surface area contributed by atoms with Crippen molar-refractivity contribution < 1.29 is 19.1 Å². The van der Waals surface area contributed by atoms with Crippen LogP contribution in [0, 0.1) is 5.82 Å². The molecule has 18 heavy (non-hydrogen) atoms. The summed E-state index contributed by atoms with van der Waals surface area (Å²) in [6.45, 7) is 1.74. The lowest BCUT2D eigenvalue weighted by atomic mass is 10.1. The van der Waals surface area contributed by atoms with E-state index in [0.717, 1.165) is 11.8 Å². The number of thioether (sulfide) groups is 1. The lowest BCUT2D eigenvalue weighted by Crippen LogP contribution is -2.28. The van der Waals surface area contributed by atoms with Crippen LogP contribution in [0.4, 0.5) is 4.39 Å². The van der Waals surface area contributed by atoms with Gasteiger partial charge in [-0.3, -0.25) is 9.59 Å². The van der Waals surface area contributed by atoms with E-state index in [0.29, 0.717) is 5.56 Å². The van der Waals surface area contributed by atoms with Crippen LogP contribution in [0.5, 0.6) is 0 Å². The molecule has 0 aliphatic rings. The molecule has 2 N–H and O–H groups in total. The highest BCUT2D eigenvalue weighted by molar-refractivity contribution is 8.00. The van der Waals surface area contributed by atoms with Gasteiger partial charge in [-0.2, -0.15) is 0 Å². The van der Waals surface area contributed by atoms with Crippen LogP contribution < -0.4 is 5.32 Å². The second kappa shape index (κ2) is 7.00. The summed E-state index contributed by atoms with van der Waals surface area (Å²) in [6, 6.07) is 5.68. The maximum absolute atomic E-state index is 13.0. The lowest BCUT2D eigenvalue weighted by molar-refractivity contribution is -0.133. The molecule has 1 rings (SSSR count).